The maximum Gasteiger partial charge on any atom is 0.312 e. The van der Waals surface area contributed by atoms with Gasteiger partial charge in [-0.25, -0.2) is 9.18 Å². The van der Waals surface area contributed by atoms with Gasteiger partial charge in [0.15, 0.2) is 0 Å². The molecule has 4 N–H and O–H groups in total. The van der Waals surface area contributed by atoms with Gasteiger partial charge in [0, 0.05) is 19.6 Å². The molecule has 1 aromatic carbocycles. The highest BCUT2D eigenvalue weighted by atomic mass is 32.2. The molecule has 1 saturated heterocycles. The second kappa shape index (κ2) is 11.1. The second-order valence-corrected chi connectivity index (χ2v) is 7.29. The van der Waals surface area contributed by atoms with E-state index in [4.69, 9.17) is 10.5 Å². The number of carbonyl (C=O) groups excluding carboxylic acids is 2. The maximum absolute atomic E-state index is 13.7. The standard InChI is InChI=1S/C18H27FN4O3S/c1-27-10-5-15(22-18(20)25)17(24)21-12-16(23-6-8-26-9-7-23)13-3-2-4-14(19)11-13/h2-4,11,15-16H,5-10,12H2,1H3,(H,21,24)(H3,20,22,25). The molecule has 2 unspecified atom stereocenters. The fraction of sp³-hybridized carbons (Fsp3) is 0.556. The Labute approximate surface area is 163 Å². The molecule has 0 radical (unpaired) electrons. The number of nitrogens with two attached hydrogens (primary N) is 1. The Kier molecular flexibility index (Phi) is 8.83. The predicted molar refractivity (Wildman–Crippen MR) is 104 cm³/mol. The molecule has 1 aliphatic heterocycles. The quantitative estimate of drug-likeness (QED) is 0.579. The molecule has 2 rings (SSSR count). The van der Waals surface area contributed by atoms with Crippen LogP contribution >= 0.6 is 11.8 Å². The molecule has 9 heteroatoms. The number of urea groups is 1. The first-order valence-electron chi connectivity index (χ1n) is 8.91. The molecule has 1 fully saturated rings. The highest BCUT2D eigenvalue weighted by Gasteiger charge is 2.25. The summed E-state index contributed by atoms with van der Waals surface area (Å²) in [6, 6.07) is 4.80. The van der Waals surface area contributed by atoms with Gasteiger partial charge < -0.3 is 21.1 Å². The van der Waals surface area contributed by atoms with E-state index < -0.39 is 12.1 Å². The van der Waals surface area contributed by atoms with E-state index in [9.17, 15) is 14.0 Å². The lowest BCUT2D eigenvalue weighted by molar-refractivity contribution is -0.123. The summed E-state index contributed by atoms with van der Waals surface area (Å²) in [4.78, 5) is 25.9. The van der Waals surface area contributed by atoms with Crippen molar-refractivity contribution >= 4 is 23.7 Å². The summed E-state index contributed by atoms with van der Waals surface area (Å²) in [6.07, 6.45) is 2.41. The zero-order chi connectivity index (χ0) is 19.6. The number of morpholine rings is 1. The first kappa shape index (κ1) is 21.5. The number of carbonyl (C=O) groups is 2. The Hall–Kier alpha value is -1.84. The summed E-state index contributed by atoms with van der Waals surface area (Å²) in [6.45, 7) is 2.90. The van der Waals surface area contributed by atoms with Crippen LogP contribution in [0.25, 0.3) is 0 Å². The van der Waals surface area contributed by atoms with Crippen molar-refractivity contribution in [2.75, 3.05) is 44.9 Å². The minimum atomic E-state index is -0.730. The Morgan fingerprint density at radius 3 is 2.74 bits per heavy atom. The summed E-state index contributed by atoms with van der Waals surface area (Å²) in [7, 11) is 0. The van der Waals surface area contributed by atoms with Gasteiger partial charge in [-0.15, -0.1) is 0 Å². The van der Waals surface area contributed by atoms with Crippen molar-refractivity contribution in [2.45, 2.75) is 18.5 Å². The maximum atomic E-state index is 13.7. The number of benzene rings is 1. The van der Waals surface area contributed by atoms with E-state index in [0.717, 1.165) is 11.3 Å². The van der Waals surface area contributed by atoms with Crippen LogP contribution in [0.5, 0.6) is 0 Å². The summed E-state index contributed by atoms with van der Waals surface area (Å²) >= 11 is 1.58. The zero-order valence-corrected chi connectivity index (χ0v) is 16.3. The number of nitrogens with zero attached hydrogens (tertiary/aromatic N) is 1. The fourth-order valence-electron chi connectivity index (χ4n) is 3.06. The number of rotatable bonds is 9. The smallest absolute Gasteiger partial charge is 0.312 e. The van der Waals surface area contributed by atoms with E-state index in [0.29, 0.717) is 39.3 Å². The molecule has 0 saturated carbocycles. The molecule has 150 valence electrons. The third-order valence-corrected chi connectivity index (χ3v) is 5.08. The van der Waals surface area contributed by atoms with Gasteiger partial charge >= 0.3 is 6.03 Å². The normalized spacial score (nSPS) is 17.1. The number of hydrogen-bond donors (Lipinski definition) is 3. The lowest BCUT2D eigenvalue weighted by Gasteiger charge is -2.35. The first-order chi connectivity index (χ1) is 13.0. The van der Waals surface area contributed by atoms with Gasteiger partial charge in [-0.3, -0.25) is 9.69 Å². The number of halogens is 1. The van der Waals surface area contributed by atoms with Gasteiger partial charge in [-0.1, -0.05) is 12.1 Å². The van der Waals surface area contributed by atoms with E-state index in [1.54, 1.807) is 17.8 Å². The Morgan fingerprint density at radius 1 is 1.37 bits per heavy atom. The van der Waals surface area contributed by atoms with Crippen LogP contribution in [0.2, 0.25) is 0 Å². The number of amides is 3. The van der Waals surface area contributed by atoms with E-state index in [-0.39, 0.29) is 17.8 Å². The molecular formula is C18H27FN4O3S. The van der Waals surface area contributed by atoms with Crippen molar-refractivity contribution in [3.05, 3.63) is 35.6 Å². The average molecular weight is 399 g/mol. The average Bonchev–Trinajstić information content (AvgIpc) is 2.66. The van der Waals surface area contributed by atoms with Gasteiger partial charge in [0.1, 0.15) is 11.9 Å². The molecule has 1 aliphatic rings. The van der Waals surface area contributed by atoms with Gasteiger partial charge in [0.05, 0.1) is 19.3 Å². The van der Waals surface area contributed by atoms with Gasteiger partial charge in [-0.05, 0) is 36.1 Å². The Balaban J connectivity index is 2.07. The largest absolute Gasteiger partial charge is 0.379 e. The number of thioether (sulfide) groups is 1. The molecule has 2 atom stereocenters. The Morgan fingerprint density at radius 2 is 2.11 bits per heavy atom. The van der Waals surface area contributed by atoms with E-state index in [1.165, 1.54) is 12.1 Å². The third-order valence-electron chi connectivity index (χ3n) is 4.43. The van der Waals surface area contributed by atoms with Crippen molar-refractivity contribution < 1.29 is 18.7 Å². The highest BCUT2D eigenvalue weighted by molar-refractivity contribution is 7.98. The molecular weight excluding hydrogens is 371 g/mol. The van der Waals surface area contributed by atoms with Gasteiger partial charge in [0.2, 0.25) is 5.91 Å². The van der Waals surface area contributed by atoms with Crippen molar-refractivity contribution in [3.8, 4) is 0 Å². The van der Waals surface area contributed by atoms with Crippen LogP contribution in [0, 0.1) is 5.82 Å². The third kappa shape index (κ3) is 7.00. The molecule has 0 aromatic heterocycles. The van der Waals surface area contributed by atoms with Crippen molar-refractivity contribution in [1.29, 1.82) is 0 Å². The molecule has 1 heterocycles. The SMILES string of the molecule is CSCCC(NC(N)=O)C(=O)NCC(c1cccc(F)c1)N1CCOCC1. The number of nitrogens with one attached hydrogen (secondary N) is 2. The van der Waals surface area contributed by atoms with Crippen LogP contribution in [0.1, 0.15) is 18.0 Å². The molecule has 27 heavy (non-hydrogen) atoms. The van der Waals surface area contributed by atoms with Crippen molar-refractivity contribution in [2.24, 2.45) is 5.73 Å². The summed E-state index contributed by atoms with van der Waals surface area (Å²) < 4.78 is 19.1. The lowest BCUT2D eigenvalue weighted by Crippen LogP contribution is -2.51. The number of hydrogen-bond acceptors (Lipinski definition) is 5. The van der Waals surface area contributed by atoms with Crippen LogP contribution in [0.15, 0.2) is 24.3 Å². The second-order valence-electron chi connectivity index (χ2n) is 6.31. The van der Waals surface area contributed by atoms with E-state index in [1.807, 2.05) is 12.3 Å². The summed E-state index contributed by atoms with van der Waals surface area (Å²) in [5.74, 6) is 0.109. The highest BCUT2D eigenvalue weighted by Crippen LogP contribution is 2.22. The van der Waals surface area contributed by atoms with E-state index >= 15 is 0 Å². The van der Waals surface area contributed by atoms with Crippen LogP contribution in [-0.4, -0.2) is 67.7 Å². The summed E-state index contributed by atoms with van der Waals surface area (Å²) in [5.41, 5.74) is 5.98. The number of primary amides is 1. The van der Waals surface area contributed by atoms with Gasteiger partial charge in [0.25, 0.3) is 0 Å². The van der Waals surface area contributed by atoms with Crippen molar-refractivity contribution in [1.82, 2.24) is 15.5 Å². The van der Waals surface area contributed by atoms with Gasteiger partial charge in [-0.2, -0.15) is 11.8 Å². The first-order valence-corrected chi connectivity index (χ1v) is 10.3. The minimum Gasteiger partial charge on any atom is -0.379 e. The van der Waals surface area contributed by atoms with E-state index in [2.05, 4.69) is 15.5 Å². The van der Waals surface area contributed by atoms with Crippen LogP contribution in [0.3, 0.4) is 0 Å². The van der Waals surface area contributed by atoms with Crippen LogP contribution < -0.4 is 16.4 Å². The van der Waals surface area contributed by atoms with Crippen LogP contribution in [0.4, 0.5) is 9.18 Å². The topological polar surface area (TPSA) is 96.7 Å². The monoisotopic (exact) mass is 398 g/mol. The molecule has 0 spiro atoms. The molecule has 7 nitrogen and oxygen atoms in total. The number of ether oxygens (including phenoxy) is 1. The zero-order valence-electron chi connectivity index (χ0n) is 15.4. The molecule has 3 amide bonds. The molecule has 1 aromatic rings. The summed E-state index contributed by atoms with van der Waals surface area (Å²) in [5, 5.41) is 5.38. The molecule has 0 bridgehead atoms. The van der Waals surface area contributed by atoms with Crippen molar-refractivity contribution in [3.63, 3.8) is 0 Å². The van der Waals surface area contributed by atoms with Crippen LogP contribution in [-0.2, 0) is 9.53 Å². The minimum absolute atomic E-state index is 0.177. The fourth-order valence-corrected chi connectivity index (χ4v) is 3.53. The lowest BCUT2D eigenvalue weighted by atomic mass is 10.0. The Bertz CT molecular complexity index is 628. The predicted octanol–water partition coefficient (Wildman–Crippen LogP) is 1.11. The molecule has 0 aliphatic carbocycles.